The summed E-state index contributed by atoms with van der Waals surface area (Å²) in [6.07, 6.45) is 0.892. The third kappa shape index (κ3) is 4.11. The van der Waals surface area contributed by atoms with Crippen molar-refractivity contribution in [1.29, 1.82) is 0 Å². The van der Waals surface area contributed by atoms with E-state index in [-0.39, 0.29) is 24.6 Å². The summed E-state index contributed by atoms with van der Waals surface area (Å²) in [5.74, 6) is 0.236. The number of carbonyl (C=O) groups is 1. The van der Waals surface area contributed by atoms with E-state index in [0.717, 1.165) is 18.7 Å². The summed E-state index contributed by atoms with van der Waals surface area (Å²) in [5.41, 5.74) is 1.14. The Labute approximate surface area is 126 Å². The average Bonchev–Trinajstić information content (AvgIpc) is 3.01. The number of urea groups is 1. The summed E-state index contributed by atoms with van der Waals surface area (Å²) in [6, 6.07) is 10.3. The lowest BCUT2D eigenvalue weighted by Crippen LogP contribution is -2.45. The maximum absolute atomic E-state index is 12.1. The summed E-state index contributed by atoms with van der Waals surface area (Å²) < 4.78 is 0. The maximum Gasteiger partial charge on any atom is 0.317 e. The molecule has 5 heteroatoms. The molecule has 2 rings (SSSR count). The number of likely N-dealkylation sites (N-methyl/N-ethyl adjacent to an activating group) is 1. The van der Waals surface area contributed by atoms with Crippen LogP contribution in [-0.2, 0) is 0 Å². The maximum atomic E-state index is 12.1. The highest BCUT2D eigenvalue weighted by molar-refractivity contribution is 5.74. The van der Waals surface area contributed by atoms with Crippen LogP contribution in [0.3, 0.4) is 0 Å². The third-order valence-corrected chi connectivity index (χ3v) is 4.20. The number of para-hydroxylation sites is 1. The standard InChI is InChI=1S/C16H25N3O2/c1-13(18(2)15-6-4-3-5-7-15)10-17-16(21)19-9-8-14(11-19)12-20/h3-7,13-14,20H,8-12H2,1-2H3,(H,17,21). The minimum Gasteiger partial charge on any atom is -0.396 e. The Hall–Kier alpha value is -1.75. The van der Waals surface area contributed by atoms with Gasteiger partial charge in [0.2, 0.25) is 0 Å². The molecule has 0 aliphatic carbocycles. The predicted molar refractivity (Wildman–Crippen MR) is 84.5 cm³/mol. The van der Waals surface area contributed by atoms with E-state index in [0.29, 0.717) is 13.1 Å². The minimum atomic E-state index is -0.0285. The second-order valence-corrected chi connectivity index (χ2v) is 5.76. The van der Waals surface area contributed by atoms with Gasteiger partial charge in [0.1, 0.15) is 0 Å². The predicted octanol–water partition coefficient (Wildman–Crippen LogP) is 1.54. The molecule has 0 radical (unpaired) electrons. The Balaban J connectivity index is 1.78. The van der Waals surface area contributed by atoms with Crippen LogP contribution in [0.5, 0.6) is 0 Å². The molecule has 1 aliphatic rings. The molecule has 2 amide bonds. The van der Waals surface area contributed by atoms with Crippen molar-refractivity contribution in [1.82, 2.24) is 10.2 Å². The number of amides is 2. The molecule has 2 unspecified atom stereocenters. The lowest BCUT2D eigenvalue weighted by molar-refractivity contribution is 0.198. The van der Waals surface area contributed by atoms with Crippen LogP contribution < -0.4 is 10.2 Å². The van der Waals surface area contributed by atoms with Crippen LogP contribution in [0.15, 0.2) is 30.3 Å². The zero-order chi connectivity index (χ0) is 15.2. The number of likely N-dealkylation sites (tertiary alicyclic amines) is 1. The molecular formula is C16H25N3O2. The van der Waals surface area contributed by atoms with Gasteiger partial charge in [0, 0.05) is 50.9 Å². The van der Waals surface area contributed by atoms with Crippen molar-refractivity contribution >= 4 is 11.7 Å². The highest BCUT2D eigenvalue weighted by Crippen LogP contribution is 2.16. The zero-order valence-corrected chi connectivity index (χ0v) is 12.8. The Morgan fingerprint density at radius 2 is 2.19 bits per heavy atom. The first-order valence-electron chi connectivity index (χ1n) is 7.53. The number of benzene rings is 1. The second kappa shape index (κ2) is 7.31. The number of hydrogen-bond acceptors (Lipinski definition) is 3. The van der Waals surface area contributed by atoms with Gasteiger partial charge in [-0.2, -0.15) is 0 Å². The smallest absolute Gasteiger partial charge is 0.317 e. The van der Waals surface area contributed by atoms with Crippen LogP contribution in [0.2, 0.25) is 0 Å². The van der Waals surface area contributed by atoms with Gasteiger partial charge in [0.15, 0.2) is 0 Å². The van der Waals surface area contributed by atoms with Gasteiger partial charge in [-0.1, -0.05) is 18.2 Å². The van der Waals surface area contributed by atoms with Crippen LogP contribution in [0.1, 0.15) is 13.3 Å². The highest BCUT2D eigenvalue weighted by atomic mass is 16.3. The summed E-state index contributed by atoms with van der Waals surface area (Å²) in [6.45, 7) is 4.25. The summed E-state index contributed by atoms with van der Waals surface area (Å²) in [5, 5.41) is 12.1. The average molecular weight is 291 g/mol. The van der Waals surface area contributed by atoms with Gasteiger partial charge in [-0.05, 0) is 25.5 Å². The fraction of sp³-hybridized carbons (Fsp3) is 0.562. The molecular weight excluding hydrogens is 266 g/mol. The molecule has 2 atom stereocenters. The van der Waals surface area contributed by atoms with E-state index in [1.807, 2.05) is 25.2 Å². The number of nitrogens with one attached hydrogen (secondary N) is 1. The third-order valence-electron chi connectivity index (χ3n) is 4.20. The molecule has 0 aromatic heterocycles. The van der Waals surface area contributed by atoms with Gasteiger partial charge in [0.25, 0.3) is 0 Å². The molecule has 1 saturated heterocycles. The van der Waals surface area contributed by atoms with E-state index in [1.54, 1.807) is 4.90 Å². The molecule has 2 N–H and O–H groups in total. The van der Waals surface area contributed by atoms with Gasteiger partial charge in [-0.15, -0.1) is 0 Å². The molecule has 116 valence electrons. The van der Waals surface area contributed by atoms with Crippen molar-refractivity contribution in [3.05, 3.63) is 30.3 Å². The van der Waals surface area contributed by atoms with Gasteiger partial charge in [-0.25, -0.2) is 4.79 Å². The Morgan fingerprint density at radius 3 is 2.81 bits per heavy atom. The molecule has 0 spiro atoms. The van der Waals surface area contributed by atoms with Crippen LogP contribution in [-0.4, -0.2) is 55.4 Å². The van der Waals surface area contributed by atoms with E-state index in [1.165, 1.54) is 0 Å². The monoisotopic (exact) mass is 291 g/mol. The number of carbonyl (C=O) groups excluding carboxylic acids is 1. The normalized spacial score (nSPS) is 19.4. The molecule has 21 heavy (non-hydrogen) atoms. The molecule has 1 aliphatic heterocycles. The van der Waals surface area contributed by atoms with E-state index in [9.17, 15) is 4.79 Å². The lowest BCUT2D eigenvalue weighted by Gasteiger charge is -2.28. The Morgan fingerprint density at radius 1 is 1.48 bits per heavy atom. The fourth-order valence-electron chi connectivity index (χ4n) is 2.57. The van der Waals surface area contributed by atoms with Gasteiger partial charge in [-0.3, -0.25) is 0 Å². The number of anilines is 1. The summed E-state index contributed by atoms with van der Waals surface area (Å²) >= 11 is 0. The van der Waals surface area contributed by atoms with Crippen molar-refractivity contribution in [3.8, 4) is 0 Å². The van der Waals surface area contributed by atoms with E-state index in [2.05, 4.69) is 29.3 Å². The van der Waals surface area contributed by atoms with Gasteiger partial charge < -0.3 is 20.2 Å². The minimum absolute atomic E-state index is 0.0285. The molecule has 1 heterocycles. The number of nitrogens with zero attached hydrogens (tertiary/aromatic N) is 2. The first-order valence-corrected chi connectivity index (χ1v) is 7.53. The van der Waals surface area contributed by atoms with Crippen molar-refractivity contribution < 1.29 is 9.90 Å². The Bertz CT molecular complexity index is 452. The van der Waals surface area contributed by atoms with Crippen molar-refractivity contribution in [3.63, 3.8) is 0 Å². The van der Waals surface area contributed by atoms with Gasteiger partial charge in [0.05, 0.1) is 0 Å². The molecule has 1 aromatic rings. The number of aliphatic hydroxyl groups is 1. The van der Waals surface area contributed by atoms with E-state index < -0.39 is 0 Å². The molecule has 1 aromatic carbocycles. The first kappa shape index (κ1) is 15.6. The SMILES string of the molecule is CC(CNC(=O)N1CCC(CO)C1)N(C)c1ccccc1. The summed E-state index contributed by atoms with van der Waals surface area (Å²) in [7, 11) is 2.03. The van der Waals surface area contributed by atoms with Crippen LogP contribution in [0.4, 0.5) is 10.5 Å². The number of hydrogen-bond donors (Lipinski definition) is 2. The number of aliphatic hydroxyl groups excluding tert-OH is 1. The second-order valence-electron chi connectivity index (χ2n) is 5.76. The Kier molecular flexibility index (Phi) is 5.44. The van der Waals surface area contributed by atoms with Crippen molar-refractivity contribution in [2.75, 3.05) is 38.2 Å². The lowest BCUT2D eigenvalue weighted by atomic mass is 10.1. The van der Waals surface area contributed by atoms with E-state index in [4.69, 9.17) is 5.11 Å². The van der Waals surface area contributed by atoms with Crippen LogP contribution >= 0.6 is 0 Å². The topological polar surface area (TPSA) is 55.8 Å². The van der Waals surface area contributed by atoms with Crippen LogP contribution in [0, 0.1) is 5.92 Å². The zero-order valence-electron chi connectivity index (χ0n) is 12.8. The van der Waals surface area contributed by atoms with Gasteiger partial charge >= 0.3 is 6.03 Å². The van der Waals surface area contributed by atoms with Crippen LogP contribution in [0.25, 0.3) is 0 Å². The fourth-order valence-corrected chi connectivity index (χ4v) is 2.57. The largest absolute Gasteiger partial charge is 0.396 e. The quantitative estimate of drug-likeness (QED) is 0.865. The number of rotatable bonds is 5. The highest BCUT2D eigenvalue weighted by Gasteiger charge is 2.25. The molecule has 0 bridgehead atoms. The first-order chi connectivity index (χ1) is 10.1. The molecule has 0 saturated carbocycles. The van der Waals surface area contributed by atoms with Crippen molar-refractivity contribution in [2.24, 2.45) is 5.92 Å². The molecule has 5 nitrogen and oxygen atoms in total. The summed E-state index contributed by atoms with van der Waals surface area (Å²) in [4.78, 5) is 16.0. The van der Waals surface area contributed by atoms with Crippen molar-refractivity contribution in [2.45, 2.75) is 19.4 Å². The van der Waals surface area contributed by atoms with E-state index >= 15 is 0 Å². The molecule has 1 fully saturated rings.